The van der Waals surface area contributed by atoms with Gasteiger partial charge in [0, 0.05) is 31.1 Å². The van der Waals surface area contributed by atoms with E-state index in [4.69, 9.17) is 0 Å². The molecule has 2 saturated heterocycles. The van der Waals surface area contributed by atoms with Crippen molar-refractivity contribution in [3.63, 3.8) is 0 Å². The second-order valence-electron chi connectivity index (χ2n) is 8.51. The molecule has 2 amide bonds. The van der Waals surface area contributed by atoms with E-state index in [-0.39, 0.29) is 17.9 Å². The molecule has 3 heterocycles. The van der Waals surface area contributed by atoms with Crippen LogP contribution in [0.1, 0.15) is 57.8 Å². The van der Waals surface area contributed by atoms with E-state index in [1.54, 1.807) is 11.3 Å². The number of piperidine rings is 1. The lowest BCUT2D eigenvalue weighted by Gasteiger charge is -2.52. The highest BCUT2D eigenvalue weighted by Gasteiger charge is 2.53. The van der Waals surface area contributed by atoms with Crippen LogP contribution in [0, 0.1) is 5.92 Å². The molecule has 1 atom stereocenters. The van der Waals surface area contributed by atoms with Gasteiger partial charge in [0.05, 0.1) is 3.79 Å². The summed E-state index contributed by atoms with van der Waals surface area (Å²) in [6.45, 7) is 9.61. The third kappa shape index (κ3) is 4.62. The maximum Gasteiger partial charge on any atom is 0.246 e. The Morgan fingerprint density at radius 1 is 1.29 bits per heavy atom. The van der Waals surface area contributed by atoms with Gasteiger partial charge in [-0.3, -0.25) is 14.5 Å². The molecule has 1 unspecified atom stereocenters. The first-order chi connectivity index (χ1) is 13.4. The molecule has 3 rings (SSSR count). The molecule has 2 aliphatic heterocycles. The van der Waals surface area contributed by atoms with Gasteiger partial charge in [0.15, 0.2) is 0 Å². The zero-order valence-corrected chi connectivity index (χ0v) is 19.6. The van der Waals surface area contributed by atoms with E-state index in [0.29, 0.717) is 18.9 Å². The molecule has 0 radical (unpaired) electrons. The number of thiophene rings is 1. The summed E-state index contributed by atoms with van der Waals surface area (Å²) in [5, 5.41) is 3.08. The number of hydrogen-bond donors (Lipinski definition) is 1. The maximum atomic E-state index is 13.3. The monoisotopic (exact) mass is 469 g/mol. The predicted octanol–water partition coefficient (Wildman–Crippen LogP) is 4.02. The smallest absolute Gasteiger partial charge is 0.246 e. The van der Waals surface area contributed by atoms with Gasteiger partial charge in [-0.1, -0.05) is 27.2 Å². The third-order valence-corrected chi connectivity index (χ3v) is 7.55. The zero-order valence-electron chi connectivity index (χ0n) is 17.2. The van der Waals surface area contributed by atoms with Crippen molar-refractivity contribution in [3.05, 3.63) is 20.8 Å². The highest BCUT2D eigenvalue weighted by molar-refractivity contribution is 9.11. The Kier molecular flexibility index (Phi) is 7.21. The Labute approximate surface area is 181 Å². The maximum absolute atomic E-state index is 13.3. The van der Waals surface area contributed by atoms with Crippen LogP contribution in [0.2, 0.25) is 0 Å². The van der Waals surface area contributed by atoms with Gasteiger partial charge in [-0.2, -0.15) is 0 Å². The minimum Gasteiger partial charge on any atom is -0.342 e. The van der Waals surface area contributed by atoms with E-state index in [1.807, 2.05) is 4.90 Å². The van der Waals surface area contributed by atoms with Crippen molar-refractivity contribution in [1.29, 1.82) is 0 Å². The lowest BCUT2D eigenvalue weighted by atomic mass is 9.80. The van der Waals surface area contributed by atoms with Crippen LogP contribution >= 0.6 is 27.3 Å². The Morgan fingerprint density at radius 3 is 2.57 bits per heavy atom. The molecular formula is C21H32BrN3O2S. The summed E-state index contributed by atoms with van der Waals surface area (Å²) in [7, 11) is 0. The van der Waals surface area contributed by atoms with Crippen LogP contribution in [-0.2, 0) is 16.1 Å². The number of piperazine rings is 1. The minimum atomic E-state index is -0.660. The molecule has 28 heavy (non-hydrogen) atoms. The summed E-state index contributed by atoms with van der Waals surface area (Å²) < 4.78 is 1.15. The van der Waals surface area contributed by atoms with Crippen LogP contribution in [0.25, 0.3) is 0 Å². The first-order valence-electron chi connectivity index (χ1n) is 10.4. The largest absolute Gasteiger partial charge is 0.342 e. The molecule has 1 spiro atoms. The number of unbranched alkanes of at least 4 members (excludes halogenated alkanes) is 1. The van der Waals surface area contributed by atoms with Crippen molar-refractivity contribution < 1.29 is 9.59 Å². The molecule has 0 aliphatic carbocycles. The molecule has 1 aromatic heterocycles. The predicted molar refractivity (Wildman–Crippen MR) is 117 cm³/mol. The molecule has 0 aromatic carbocycles. The number of amides is 2. The minimum absolute atomic E-state index is 0.0624. The SMILES string of the molecule is CCCCN1C(=O)C(CC(C)C)NC(=O)C12CCN(Cc1ccc(Br)s1)CC2. The molecule has 2 aliphatic rings. The van der Waals surface area contributed by atoms with E-state index >= 15 is 0 Å². The number of halogens is 1. The molecule has 5 nitrogen and oxygen atoms in total. The van der Waals surface area contributed by atoms with E-state index in [0.717, 1.165) is 49.1 Å². The lowest BCUT2D eigenvalue weighted by Crippen LogP contribution is -2.73. The Morgan fingerprint density at radius 2 is 2.00 bits per heavy atom. The van der Waals surface area contributed by atoms with Crippen LogP contribution in [0.15, 0.2) is 15.9 Å². The van der Waals surface area contributed by atoms with Gasteiger partial charge in [-0.25, -0.2) is 0 Å². The number of likely N-dealkylation sites (tertiary alicyclic amines) is 1. The quantitative estimate of drug-likeness (QED) is 0.655. The molecule has 0 saturated carbocycles. The average molecular weight is 470 g/mol. The van der Waals surface area contributed by atoms with Crippen molar-refractivity contribution in [3.8, 4) is 0 Å². The van der Waals surface area contributed by atoms with Gasteiger partial charge in [-0.05, 0) is 59.7 Å². The van der Waals surface area contributed by atoms with E-state index in [2.05, 4.69) is 59.1 Å². The first-order valence-corrected chi connectivity index (χ1v) is 12.1. The van der Waals surface area contributed by atoms with Crippen molar-refractivity contribution in [2.45, 2.75) is 71.0 Å². The van der Waals surface area contributed by atoms with Crippen LogP contribution in [0.5, 0.6) is 0 Å². The van der Waals surface area contributed by atoms with Crippen molar-refractivity contribution in [2.24, 2.45) is 5.92 Å². The molecule has 156 valence electrons. The average Bonchev–Trinajstić information content (AvgIpc) is 3.06. The van der Waals surface area contributed by atoms with Crippen LogP contribution < -0.4 is 5.32 Å². The molecule has 0 bridgehead atoms. The van der Waals surface area contributed by atoms with Crippen LogP contribution in [0.3, 0.4) is 0 Å². The van der Waals surface area contributed by atoms with E-state index in [9.17, 15) is 9.59 Å². The molecule has 7 heteroatoms. The summed E-state index contributed by atoms with van der Waals surface area (Å²) in [6.07, 6.45) is 4.12. The van der Waals surface area contributed by atoms with Gasteiger partial charge >= 0.3 is 0 Å². The molecule has 2 fully saturated rings. The number of hydrogen-bond acceptors (Lipinski definition) is 4. The fraction of sp³-hybridized carbons (Fsp3) is 0.714. The Hall–Kier alpha value is -0.920. The summed E-state index contributed by atoms with van der Waals surface area (Å²) >= 11 is 5.28. The molecule has 1 aromatic rings. The number of nitrogens with zero attached hydrogens (tertiary/aromatic N) is 2. The van der Waals surface area contributed by atoms with E-state index in [1.165, 1.54) is 4.88 Å². The van der Waals surface area contributed by atoms with Crippen molar-refractivity contribution >= 4 is 39.1 Å². The van der Waals surface area contributed by atoms with Gasteiger partial charge in [-0.15, -0.1) is 11.3 Å². The Bertz CT molecular complexity index is 698. The summed E-state index contributed by atoms with van der Waals surface area (Å²) in [5.41, 5.74) is -0.660. The second-order valence-corrected chi connectivity index (χ2v) is 11.1. The number of carbonyl (C=O) groups is 2. The zero-order chi connectivity index (χ0) is 20.3. The van der Waals surface area contributed by atoms with E-state index < -0.39 is 5.54 Å². The summed E-state index contributed by atoms with van der Waals surface area (Å²) in [5.74, 6) is 0.563. The summed E-state index contributed by atoms with van der Waals surface area (Å²) in [4.78, 5) is 32.2. The fourth-order valence-electron chi connectivity index (χ4n) is 4.38. The highest BCUT2D eigenvalue weighted by Crippen LogP contribution is 2.35. The summed E-state index contributed by atoms with van der Waals surface area (Å²) in [6, 6.07) is 3.87. The lowest BCUT2D eigenvalue weighted by molar-refractivity contribution is -0.161. The van der Waals surface area contributed by atoms with Crippen LogP contribution in [-0.4, -0.2) is 52.8 Å². The number of rotatable bonds is 7. The number of nitrogens with one attached hydrogen (secondary N) is 1. The first kappa shape index (κ1) is 21.8. The highest BCUT2D eigenvalue weighted by atomic mass is 79.9. The Balaban J connectivity index is 1.72. The topological polar surface area (TPSA) is 52.7 Å². The number of carbonyl (C=O) groups excluding carboxylic acids is 2. The van der Waals surface area contributed by atoms with Gasteiger partial charge in [0.2, 0.25) is 11.8 Å². The third-order valence-electron chi connectivity index (χ3n) is 5.94. The van der Waals surface area contributed by atoms with Gasteiger partial charge in [0.1, 0.15) is 11.6 Å². The van der Waals surface area contributed by atoms with Crippen molar-refractivity contribution in [1.82, 2.24) is 15.1 Å². The fourth-order valence-corrected chi connectivity index (χ4v) is 5.91. The van der Waals surface area contributed by atoms with Gasteiger partial charge < -0.3 is 10.2 Å². The molecular weight excluding hydrogens is 438 g/mol. The van der Waals surface area contributed by atoms with Crippen molar-refractivity contribution in [2.75, 3.05) is 19.6 Å². The second kappa shape index (κ2) is 9.26. The molecule has 1 N–H and O–H groups in total. The normalized spacial score (nSPS) is 22.9. The van der Waals surface area contributed by atoms with Crippen LogP contribution in [0.4, 0.5) is 0 Å². The van der Waals surface area contributed by atoms with Gasteiger partial charge in [0.25, 0.3) is 0 Å². The standard InChI is InChI=1S/C21H32BrN3O2S/c1-4-5-10-25-19(26)17(13-15(2)3)23-20(27)21(25)8-11-24(12-9-21)14-16-6-7-18(22)28-16/h6-7,15,17H,4-5,8-14H2,1-3H3,(H,23,27).